The Morgan fingerprint density at radius 3 is 2.48 bits per heavy atom. The van der Waals surface area contributed by atoms with E-state index in [1.165, 1.54) is 51.9 Å². The Morgan fingerprint density at radius 1 is 1.13 bits per heavy atom. The largest absolute Gasteiger partial charge is 0.573 e. The fourth-order valence-corrected chi connectivity index (χ4v) is 4.90. The summed E-state index contributed by atoms with van der Waals surface area (Å²) in [6.07, 6.45) is -2.99. The third-order valence-electron chi connectivity index (χ3n) is 6.50. The van der Waals surface area contributed by atoms with Gasteiger partial charge in [-0.15, -0.1) is 18.3 Å². The maximum Gasteiger partial charge on any atom is 0.573 e. The summed E-state index contributed by atoms with van der Waals surface area (Å²) in [5, 5.41) is 10.3. The van der Waals surface area contributed by atoms with E-state index in [1.807, 2.05) is 39.0 Å². The molecule has 2 N–H and O–H groups in total. The average Bonchev–Trinajstić information content (AvgIpc) is 3.49. The molecule has 0 radical (unpaired) electrons. The Labute approximate surface area is 267 Å². The van der Waals surface area contributed by atoms with E-state index in [0.717, 1.165) is 16.7 Å². The van der Waals surface area contributed by atoms with Crippen LogP contribution in [0.15, 0.2) is 78.0 Å². The Balaban J connectivity index is 1.38. The summed E-state index contributed by atoms with van der Waals surface area (Å²) in [7, 11) is 1.58. The molecule has 0 aliphatic heterocycles. The standard InChI is InChI=1S/C31H32F3N7O4S/c1-5-46-30(40(19-42)27-16-20(2)6-15-26(27)21(3)44-4)38-29(43)37-23-9-7-22(8-10-23)17-35-28-36-18-41(39-28)24-11-13-25(14-12-24)45-31(32,33)34/h6-16,18-19,21H,5,17H2,1-4H3,(H,35,39)(H,37,43). The summed E-state index contributed by atoms with van der Waals surface area (Å²) in [5.74, 6) is 0.549. The number of alkyl halides is 3. The number of methoxy groups -OCH3 is 1. The molecule has 242 valence electrons. The van der Waals surface area contributed by atoms with Gasteiger partial charge >= 0.3 is 12.4 Å². The average molecular weight is 656 g/mol. The predicted octanol–water partition coefficient (Wildman–Crippen LogP) is 7.10. The van der Waals surface area contributed by atoms with Gasteiger partial charge in [-0.3, -0.25) is 9.69 Å². The fraction of sp³-hybridized carbons (Fsp3) is 0.258. The number of aliphatic imine (C=N–C) groups is 1. The maximum atomic E-state index is 12.9. The van der Waals surface area contributed by atoms with Crippen LogP contribution in [0.2, 0.25) is 0 Å². The van der Waals surface area contributed by atoms with E-state index < -0.39 is 12.4 Å². The number of benzene rings is 3. The highest BCUT2D eigenvalue weighted by atomic mass is 32.2. The SMILES string of the molecule is CCSC(=NC(=O)Nc1ccc(CNc2ncn(-c3ccc(OC(F)(F)F)cc3)n2)cc1)N(C=O)c1cc(C)ccc1C(C)OC. The number of carbonyl (C=O) groups is 2. The minimum Gasteiger partial charge on any atom is -0.406 e. The summed E-state index contributed by atoms with van der Waals surface area (Å²) < 4.78 is 47.9. The van der Waals surface area contributed by atoms with Crippen molar-refractivity contribution in [3.05, 3.63) is 89.7 Å². The molecule has 4 rings (SSSR count). The van der Waals surface area contributed by atoms with Crippen molar-refractivity contribution in [2.24, 2.45) is 4.99 Å². The van der Waals surface area contributed by atoms with Crippen molar-refractivity contribution in [2.75, 3.05) is 28.4 Å². The van der Waals surface area contributed by atoms with E-state index in [2.05, 4.69) is 30.4 Å². The van der Waals surface area contributed by atoms with Crippen molar-refractivity contribution < 1.29 is 32.2 Å². The number of aryl methyl sites for hydroxylation is 1. The van der Waals surface area contributed by atoms with Crippen LogP contribution in [-0.4, -0.2) is 51.6 Å². The van der Waals surface area contributed by atoms with Crippen LogP contribution in [-0.2, 0) is 16.1 Å². The first-order valence-corrected chi connectivity index (χ1v) is 15.0. The van der Waals surface area contributed by atoms with Crippen molar-refractivity contribution in [1.29, 1.82) is 0 Å². The van der Waals surface area contributed by atoms with Gasteiger partial charge in [-0.05, 0) is 73.2 Å². The zero-order chi connectivity index (χ0) is 33.3. The van der Waals surface area contributed by atoms with Gasteiger partial charge < -0.3 is 20.1 Å². The number of urea groups is 1. The molecule has 0 bridgehead atoms. The van der Waals surface area contributed by atoms with Crippen molar-refractivity contribution in [1.82, 2.24) is 14.8 Å². The van der Waals surface area contributed by atoms with Gasteiger partial charge in [-0.2, -0.15) is 4.99 Å². The number of carbonyl (C=O) groups excluding carboxylic acids is 2. The number of thioether (sulfide) groups is 1. The van der Waals surface area contributed by atoms with Crippen LogP contribution in [0.4, 0.5) is 35.3 Å². The Bertz CT molecular complexity index is 1660. The fourth-order valence-electron chi connectivity index (χ4n) is 4.22. The molecule has 0 fully saturated rings. The molecule has 4 aromatic rings. The lowest BCUT2D eigenvalue weighted by atomic mass is 10.0. The summed E-state index contributed by atoms with van der Waals surface area (Å²) >= 11 is 1.26. The lowest BCUT2D eigenvalue weighted by Gasteiger charge is -2.24. The van der Waals surface area contributed by atoms with Crippen LogP contribution < -0.4 is 20.3 Å². The van der Waals surface area contributed by atoms with Gasteiger partial charge in [0, 0.05) is 24.9 Å². The van der Waals surface area contributed by atoms with Crippen LogP contribution in [0, 0.1) is 6.92 Å². The molecule has 15 heteroatoms. The number of nitrogens with zero attached hydrogens (tertiary/aromatic N) is 5. The molecule has 0 aliphatic rings. The highest BCUT2D eigenvalue weighted by Crippen LogP contribution is 2.31. The van der Waals surface area contributed by atoms with E-state index in [1.54, 1.807) is 31.4 Å². The van der Waals surface area contributed by atoms with E-state index in [0.29, 0.717) is 41.7 Å². The molecule has 1 heterocycles. The molecule has 0 spiro atoms. The van der Waals surface area contributed by atoms with Gasteiger partial charge in [0.15, 0.2) is 5.17 Å². The number of hydrogen-bond acceptors (Lipinski definition) is 8. The quantitative estimate of drug-likeness (QED) is 0.0997. The third-order valence-corrected chi connectivity index (χ3v) is 7.34. The van der Waals surface area contributed by atoms with Gasteiger partial charge in [-0.25, -0.2) is 14.5 Å². The number of nitrogens with one attached hydrogen (secondary N) is 2. The second-order valence-corrected chi connectivity index (χ2v) is 11.0. The molecule has 1 aromatic heterocycles. The zero-order valence-corrected chi connectivity index (χ0v) is 26.2. The van der Waals surface area contributed by atoms with Gasteiger partial charge in [0.1, 0.15) is 12.1 Å². The molecule has 0 aliphatic carbocycles. The van der Waals surface area contributed by atoms with Crippen molar-refractivity contribution >= 4 is 46.7 Å². The minimum absolute atomic E-state index is 0.225. The Hall–Kier alpha value is -4.89. The predicted molar refractivity (Wildman–Crippen MR) is 172 cm³/mol. The van der Waals surface area contributed by atoms with Crippen molar-refractivity contribution in [2.45, 2.75) is 39.8 Å². The number of amides is 3. The van der Waals surface area contributed by atoms with Gasteiger partial charge in [0.05, 0.1) is 17.5 Å². The van der Waals surface area contributed by atoms with Gasteiger partial charge in [-0.1, -0.05) is 43.0 Å². The molecule has 0 saturated carbocycles. The second-order valence-electron chi connectivity index (χ2n) is 9.78. The molecule has 46 heavy (non-hydrogen) atoms. The number of amidine groups is 1. The van der Waals surface area contributed by atoms with E-state index >= 15 is 0 Å². The van der Waals surface area contributed by atoms with Crippen LogP contribution >= 0.6 is 11.8 Å². The van der Waals surface area contributed by atoms with E-state index in [-0.39, 0.29) is 17.0 Å². The number of anilines is 3. The van der Waals surface area contributed by atoms with Gasteiger partial charge in [0.25, 0.3) is 0 Å². The number of rotatable bonds is 11. The van der Waals surface area contributed by atoms with Crippen LogP contribution in [0.1, 0.15) is 36.6 Å². The van der Waals surface area contributed by atoms with Crippen molar-refractivity contribution in [3.8, 4) is 11.4 Å². The summed E-state index contributed by atoms with van der Waals surface area (Å²) in [5.41, 5.74) is 4.16. The zero-order valence-electron chi connectivity index (χ0n) is 25.4. The first-order valence-electron chi connectivity index (χ1n) is 14.0. The third kappa shape index (κ3) is 9.31. The first-order chi connectivity index (χ1) is 22.0. The normalized spacial score (nSPS) is 12.4. The lowest BCUT2D eigenvalue weighted by Crippen LogP contribution is -2.30. The molecule has 11 nitrogen and oxygen atoms in total. The summed E-state index contributed by atoms with van der Waals surface area (Å²) in [6, 6.07) is 17.3. The van der Waals surface area contributed by atoms with Gasteiger partial charge in [0.2, 0.25) is 12.4 Å². The summed E-state index contributed by atoms with van der Waals surface area (Å²) in [4.78, 5) is 34.9. The second kappa shape index (κ2) is 15.4. The van der Waals surface area contributed by atoms with Crippen LogP contribution in [0.3, 0.4) is 0 Å². The van der Waals surface area contributed by atoms with Crippen molar-refractivity contribution in [3.63, 3.8) is 0 Å². The first kappa shape index (κ1) is 34.0. The molecular formula is C31H32F3N7O4S. The molecule has 1 atom stereocenters. The molecular weight excluding hydrogens is 623 g/mol. The monoisotopic (exact) mass is 655 g/mol. The number of ether oxygens (including phenoxy) is 2. The smallest absolute Gasteiger partial charge is 0.406 e. The summed E-state index contributed by atoms with van der Waals surface area (Å²) in [6.45, 7) is 6.05. The van der Waals surface area contributed by atoms with E-state index in [9.17, 15) is 22.8 Å². The lowest BCUT2D eigenvalue weighted by molar-refractivity contribution is -0.274. The molecule has 1 unspecified atom stereocenters. The highest BCUT2D eigenvalue weighted by molar-refractivity contribution is 8.14. The highest BCUT2D eigenvalue weighted by Gasteiger charge is 2.31. The number of hydrogen-bond donors (Lipinski definition) is 2. The molecule has 0 saturated heterocycles. The number of aromatic nitrogens is 3. The Morgan fingerprint density at radius 2 is 1.85 bits per heavy atom. The van der Waals surface area contributed by atoms with E-state index in [4.69, 9.17) is 4.74 Å². The topological polar surface area (TPSA) is 123 Å². The maximum absolute atomic E-state index is 12.9. The minimum atomic E-state index is -4.77. The molecule has 3 amide bonds. The van der Waals surface area contributed by atoms with Crippen LogP contribution in [0.25, 0.3) is 5.69 Å². The molecule has 3 aromatic carbocycles. The Kier molecular flexibility index (Phi) is 11.4. The number of halogens is 3. The van der Waals surface area contributed by atoms with Crippen LogP contribution in [0.5, 0.6) is 5.75 Å².